The molecule has 0 spiro atoms. The van der Waals surface area contributed by atoms with Gasteiger partial charge in [0.1, 0.15) is 0 Å². The maximum atomic E-state index is 13.5. The van der Waals surface area contributed by atoms with E-state index in [2.05, 4.69) is 65.2 Å². The molecule has 0 aliphatic rings. The van der Waals surface area contributed by atoms with Gasteiger partial charge in [0.15, 0.2) is 0 Å². The molecule has 0 radical (unpaired) electrons. The molecule has 0 saturated carbocycles. The molecule has 182 valence electrons. The minimum atomic E-state index is -0.198. The Morgan fingerprint density at radius 2 is 1.62 bits per heavy atom. The SMILES string of the molecule is CN=CC(C)(C)c1ccc(-n2c(=O)n(C)c3cnc4ccc(-c5cnc6ccccc6c5)cc4c32)cc1. The molecular formula is C31H27N5O. The summed E-state index contributed by atoms with van der Waals surface area (Å²) in [4.78, 5) is 27.0. The monoisotopic (exact) mass is 485 g/mol. The Morgan fingerprint density at radius 3 is 2.41 bits per heavy atom. The molecule has 6 aromatic rings. The standard InChI is InChI=1S/C31H27N5O/c1-31(2,19-32-3)23-10-12-24(13-11-23)36-29-25-16-20(22-15-21-7-5-6-8-26(21)33-17-22)9-14-27(25)34-18-28(29)35(4)30(36)37/h5-19H,1-4H3. The van der Waals surface area contributed by atoms with Gasteiger partial charge in [-0.2, -0.15) is 0 Å². The first kappa shape index (κ1) is 22.9. The number of fused-ring (bicyclic) bond motifs is 4. The van der Waals surface area contributed by atoms with E-state index in [-0.39, 0.29) is 11.1 Å². The van der Waals surface area contributed by atoms with Gasteiger partial charge in [0.2, 0.25) is 0 Å². The van der Waals surface area contributed by atoms with E-state index >= 15 is 0 Å². The van der Waals surface area contributed by atoms with Crippen LogP contribution in [0.2, 0.25) is 0 Å². The van der Waals surface area contributed by atoms with Crippen LogP contribution in [0, 0.1) is 0 Å². The van der Waals surface area contributed by atoms with Gasteiger partial charge in [-0.1, -0.05) is 50.2 Å². The lowest BCUT2D eigenvalue weighted by Gasteiger charge is -2.20. The molecule has 0 amide bonds. The fourth-order valence-electron chi connectivity index (χ4n) is 5.08. The summed E-state index contributed by atoms with van der Waals surface area (Å²) in [6, 6.07) is 24.6. The third-order valence-electron chi connectivity index (χ3n) is 7.13. The second kappa shape index (κ2) is 8.52. The highest BCUT2D eigenvalue weighted by atomic mass is 16.1. The van der Waals surface area contributed by atoms with Crippen molar-refractivity contribution in [3.8, 4) is 16.8 Å². The van der Waals surface area contributed by atoms with Crippen LogP contribution < -0.4 is 5.69 Å². The highest BCUT2D eigenvalue weighted by molar-refractivity contribution is 6.04. The van der Waals surface area contributed by atoms with Crippen molar-refractivity contribution in [3.63, 3.8) is 0 Å². The zero-order valence-electron chi connectivity index (χ0n) is 21.3. The summed E-state index contributed by atoms with van der Waals surface area (Å²) in [5, 5.41) is 2.01. The van der Waals surface area contributed by atoms with Crippen molar-refractivity contribution >= 4 is 39.1 Å². The third kappa shape index (κ3) is 3.73. The lowest BCUT2D eigenvalue weighted by molar-refractivity contribution is 0.733. The van der Waals surface area contributed by atoms with Gasteiger partial charge in [-0.15, -0.1) is 0 Å². The number of nitrogens with zero attached hydrogens (tertiary/aromatic N) is 5. The molecule has 0 aliphatic carbocycles. The maximum Gasteiger partial charge on any atom is 0.333 e. The molecule has 0 atom stereocenters. The van der Waals surface area contributed by atoms with Crippen molar-refractivity contribution in [1.82, 2.24) is 19.1 Å². The van der Waals surface area contributed by atoms with Crippen LogP contribution in [0.5, 0.6) is 0 Å². The molecule has 0 N–H and O–H groups in total. The van der Waals surface area contributed by atoms with E-state index < -0.39 is 0 Å². The molecule has 3 aromatic carbocycles. The first-order valence-corrected chi connectivity index (χ1v) is 12.3. The van der Waals surface area contributed by atoms with Crippen LogP contribution in [-0.4, -0.2) is 32.4 Å². The van der Waals surface area contributed by atoms with E-state index in [1.165, 1.54) is 0 Å². The third-order valence-corrected chi connectivity index (χ3v) is 7.13. The first-order valence-electron chi connectivity index (χ1n) is 12.3. The number of pyridine rings is 2. The Bertz CT molecular complexity index is 1890. The van der Waals surface area contributed by atoms with Crippen LogP contribution in [0.15, 0.2) is 95.0 Å². The summed E-state index contributed by atoms with van der Waals surface area (Å²) < 4.78 is 3.44. The highest BCUT2D eigenvalue weighted by Gasteiger charge is 2.20. The highest BCUT2D eigenvalue weighted by Crippen LogP contribution is 2.31. The van der Waals surface area contributed by atoms with Gasteiger partial charge in [0.25, 0.3) is 0 Å². The molecule has 6 rings (SSSR count). The second-order valence-electron chi connectivity index (χ2n) is 9.97. The van der Waals surface area contributed by atoms with Gasteiger partial charge >= 0.3 is 5.69 Å². The zero-order chi connectivity index (χ0) is 25.7. The number of aromatic nitrogens is 4. The zero-order valence-corrected chi connectivity index (χ0v) is 21.3. The summed E-state index contributed by atoms with van der Waals surface area (Å²) in [6.45, 7) is 4.25. The van der Waals surface area contributed by atoms with Gasteiger partial charge in [-0.25, -0.2) is 4.79 Å². The summed E-state index contributed by atoms with van der Waals surface area (Å²) in [7, 11) is 3.58. The summed E-state index contributed by atoms with van der Waals surface area (Å²) in [5.74, 6) is 0. The van der Waals surface area contributed by atoms with Crippen molar-refractivity contribution in [1.29, 1.82) is 0 Å². The van der Waals surface area contributed by atoms with E-state index in [9.17, 15) is 4.79 Å². The molecular weight excluding hydrogens is 458 g/mol. The molecule has 0 bridgehead atoms. The van der Waals surface area contributed by atoms with Crippen molar-refractivity contribution in [2.45, 2.75) is 19.3 Å². The van der Waals surface area contributed by atoms with Gasteiger partial charge in [-0.3, -0.25) is 24.1 Å². The van der Waals surface area contributed by atoms with E-state index in [4.69, 9.17) is 0 Å². The minimum absolute atomic E-state index is 0.107. The second-order valence-corrected chi connectivity index (χ2v) is 9.97. The van der Waals surface area contributed by atoms with E-state index in [1.807, 2.05) is 48.8 Å². The molecule has 37 heavy (non-hydrogen) atoms. The number of hydrogen-bond donors (Lipinski definition) is 0. The normalized spacial score (nSPS) is 12.3. The van der Waals surface area contributed by atoms with Crippen LogP contribution in [0.3, 0.4) is 0 Å². The van der Waals surface area contributed by atoms with Crippen molar-refractivity contribution in [2.75, 3.05) is 7.05 Å². The number of rotatable bonds is 4. The summed E-state index contributed by atoms with van der Waals surface area (Å²) in [5.41, 5.74) is 7.11. The van der Waals surface area contributed by atoms with Crippen LogP contribution in [0.25, 0.3) is 49.7 Å². The summed E-state index contributed by atoms with van der Waals surface area (Å²) in [6.07, 6.45) is 5.62. The lowest BCUT2D eigenvalue weighted by atomic mass is 9.86. The van der Waals surface area contributed by atoms with Gasteiger partial charge in [0, 0.05) is 48.3 Å². The fourth-order valence-corrected chi connectivity index (χ4v) is 5.08. The van der Waals surface area contributed by atoms with Gasteiger partial charge < -0.3 is 0 Å². The predicted octanol–water partition coefficient (Wildman–Crippen LogP) is 6.07. The van der Waals surface area contributed by atoms with Crippen LogP contribution >= 0.6 is 0 Å². The molecule has 0 aliphatic heterocycles. The first-order chi connectivity index (χ1) is 17.9. The Kier molecular flexibility index (Phi) is 5.26. The maximum absolute atomic E-state index is 13.5. The largest absolute Gasteiger partial charge is 0.333 e. The minimum Gasteiger partial charge on any atom is -0.300 e. The van der Waals surface area contributed by atoms with Crippen LogP contribution in [-0.2, 0) is 12.5 Å². The molecule has 6 nitrogen and oxygen atoms in total. The van der Waals surface area contributed by atoms with Crippen molar-refractivity contribution < 1.29 is 0 Å². The Labute approximate surface area is 214 Å². The Morgan fingerprint density at radius 1 is 0.865 bits per heavy atom. The van der Waals surface area contributed by atoms with Gasteiger partial charge in [0.05, 0.1) is 34.0 Å². The predicted molar refractivity (Wildman–Crippen MR) is 152 cm³/mol. The number of aryl methyl sites for hydroxylation is 1. The molecule has 0 unspecified atom stereocenters. The molecule has 3 aromatic heterocycles. The topological polar surface area (TPSA) is 65.1 Å². The average molecular weight is 486 g/mol. The number of imidazole rings is 1. The Hall–Kier alpha value is -4.58. The Balaban J connectivity index is 1.57. The molecule has 0 saturated heterocycles. The van der Waals surface area contributed by atoms with Crippen LogP contribution in [0.1, 0.15) is 19.4 Å². The summed E-state index contributed by atoms with van der Waals surface area (Å²) >= 11 is 0. The van der Waals surface area contributed by atoms with Crippen molar-refractivity contribution in [2.24, 2.45) is 12.0 Å². The molecule has 0 fully saturated rings. The number of aliphatic imine (C=N–C) groups is 1. The van der Waals surface area contributed by atoms with E-state index in [1.54, 1.807) is 29.4 Å². The number of para-hydroxylation sites is 1. The smallest absolute Gasteiger partial charge is 0.300 e. The quantitative estimate of drug-likeness (QED) is 0.285. The number of benzene rings is 3. The van der Waals surface area contributed by atoms with E-state index in [0.29, 0.717) is 0 Å². The fraction of sp³-hybridized carbons (Fsp3) is 0.161. The van der Waals surface area contributed by atoms with Crippen LogP contribution in [0.4, 0.5) is 0 Å². The molecule has 6 heteroatoms. The molecule has 3 heterocycles. The van der Waals surface area contributed by atoms with Crippen molar-refractivity contribution in [3.05, 3.63) is 101 Å². The van der Waals surface area contributed by atoms with E-state index in [0.717, 1.165) is 55.2 Å². The van der Waals surface area contributed by atoms with Gasteiger partial charge in [-0.05, 0) is 47.5 Å². The lowest BCUT2D eigenvalue weighted by Crippen LogP contribution is -2.22. The number of hydrogen-bond acceptors (Lipinski definition) is 4. The average Bonchev–Trinajstić information content (AvgIpc) is 3.18.